The topological polar surface area (TPSA) is 50.7 Å². The molecule has 0 spiro atoms. The summed E-state index contributed by atoms with van der Waals surface area (Å²) in [5, 5.41) is 0. The van der Waals surface area contributed by atoms with Crippen LogP contribution in [0.5, 0.6) is 0 Å². The van der Waals surface area contributed by atoms with E-state index in [1.165, 1.54) is 0 Å². The van der Waals surface area contributed by atoms with E-state index in [4.69, 9.17) is 0 Å². The first-order valence-electron chi connectivity index (χ1n) is 4.98. The van der Waals surface area contributed by atoms with E-state index >= 15 is 0 Å². The second-order valence-electron chi connectivity index (χ2n) is 4.74. The average Bonchev–Trinajstić information content (AvgIpc) is 2.45. The lowest BCUT2D eigenvalue weighted by Gasteiger charge is -2.21. The number of aromatic nitrogens is 3. The molecule has 0 aliphatic rings. The summed E-state index contributed by atoms with van der Waals surface area (Å²) in [5.41, 5.74) is 1.22. The molecule has 80 valence electrons. The van der Waals surface area contributed by atoms with Crippen LogP contribution in [0.1, 0.15) is 26.6 Å². The van der Waals surface area contributed by atoms with Crippen LogP contribution in [0.3, 0.4) is 0 Å². The Morgan fingerprint density at radius 1 is 1.40 bits per heavy atom. The van der Waals surface area contributed by atoms with Gasteiger partial charge in [-0.2, -0.15) is 0 Å². The van der Waals surface area contributed by atoms with Crippen LogP contribution in [0.2, 0.25) is 0 Å². The number of aromatic amines is 1. The fraction of sp³-hybridized carbons (Fsp3) is 0.455. The zero-order valence-corrected chi connectivity index (χ0v) is 9.46. The highest BCUT2D eigenvalue weighted by molar-refractivity contribution is 5.74. The van der Waals surface area contributed by atoms with E-state index < -0.39 is 0 Å². The summed E-state index contributed by atoms with van der Waals surface area (Å²) in [6.45, 7) is 7.97. The summed E-state index contributed by atoms with van der Waals surface area (Å²) in [4.78, 5) is 18.8. The summed E-state index contributed by atoms with van der Waals surface area (Å²) in [5.74, 6) is 0.652. The fourth-order valence-corrected chi connectivity index (χ4v) is 1.73. The Morgan fingerprint density at radius 3 is 2.67 bits per heavy atom. The summed E-state index contributed by atoms with van der Waals surface area (Å²) < 4.78 is 1.95. The molecular weight excluding hydrogens is 190 g/mol. The van der Waals surface area contributed by atoms with Crippen molar-refractivity contribution >= 4 is 11.0 Å². The van der Waals surface area contributed by atoms with Crippen LogP contribution in [0, 0.1) is 6.92 Å². The molecule has 4 nitrogen and oxygen atoms in total. The van der Waals surface area contributed by atoms with Crippen molar-refractivity contribution in [2.75, 3.05) is 0 Å². The van der Waals surface area contributed by atoms with Gasteiger partial charge in [0.15, 0.2) is 0 Å². The van der Waals surface area contributed by atoms with Crippen molar-refractivity contribution in [3.63, 3.8) is 0 Å². The highest BCUT2D eigenvalue weighted by atomic mass is 16.1. The molecule has 0 aromatic carbocycles. The van der Waals surface area contributed by atoms with Gasteiger partial charge in [-0.05, 0) is 33.8 Å². The van der Waals surface area contributed by atoms with Gasteiger partial charge in [0.25, 0.3) is 5.56 Å². The molecule has 0 atom stereocenters. The molecule has 0 radical (unpaired) electrons. The molecule has 0 bridgehead atoms. The van der Waals surface area contributed by atoms with Gasteiger partial charge in [-0.25, -0.2) is 4.98 Å². The summed E-state index contributed by atoms with van der Waals surface area (Å²) in [6, 6.07) is 1.88. The van der Waals surface area contributed by atoms with Crippen LogP contribution in [0.25, 0.3) is 11.0 Å². The number of hydrogen-bond acceptors (Lipinski definition) is 2. The summed E-state index contributed by atoms with van der Waals surface area (Å²) in [6.07, 6.45) is 1.91. The third kappa shape index (κ3) is 1.56. The molecule has 2 heterocycles. The molecule has 0 fully saturated rings. The van der Waals surface area contributed by atoms with Gasteiger partial charge in [0.1, 0.15) is 11.3 Å². The largest absolute Gasteiger partial charge is 0.336 e. The lowest BCUT2D eigenvalue weighted by molar-refractivity contribution is 0.410. The third-order valence-electron chi connectivity index (χ3n) is 2.39. The Morgan fingerprint density at radius 2 is 2.07 bits per heavy atom. The lowest BCUT2D eigenvalue weighted by atomic mass is 10.1. The molecule has 2 aromatic heterocycles. The minimum atomic E-state index is -0.105. The van der Waals surface area contributed by atoms with Gasteiger partial charge in [0.05, 0.1) is 5.52 Å². The van der Waals surface area contributed by atoms with Crippen LogP contribution >= 0.6 is 0 Å². The van der Waals surface area contributed by atoms with Crippen LogP contribution in [-0.4, -0.2) is 14.5 Å². The first kappa shape index (κ1) is 9.96. The molecule has 4 heteroatoms. The molecule has 15 heavy (non-hydrogen) atoms. The number of aryl methyl sites for hydroxylation is 1. The van der Waals surface area contributed by atoms with E-state index in [2.05, 4.69) is 30.7 Å². The van der Waals surface area contributed by atoms with E-state index in [1.54, 1.807) is 6.92 Å². The van der Waals surface area contributed by atoms with Gasteiger partial charge in [-0.3, -0.25) is 4.79 Å². The van der Waals surface area contributed by atoms with E-state index in [-0.39, 0.29) is 11.1 Å². The van der Waals surface area contributed by atoms with Gasteiger partial charge >= 0.3 is 0 Å². The summed E-state index contributed by atoms with van der Waals surface area (Å²) >= 11 is 0. The van der Waals surface area contributed by atoms with Gasteiger partial charge in [-0.1, -0.05) is 0 Å². The Hall–Kier alpha value is -1.58. The molecule has 2 aromatic rings. The Labute approximate surface area is 88.0 Å². The van der Waals surface area contributed by atoms with Crippen molar-refractivity contribution in [1.82, 2.24) is 14.5 Å². The van der Waals surface area contributed by atoms with Crippen molar-refractivity contribution in [3.8, 4) is 0 Å². The Kier molecular flexibility index (Phi) is 1.96. The molecule has 0 aliphatic heterocycles. The maximum Gasteiger partial charge on any atom is 0.275 e. The zero-order valence-electron chi connectivity index (χ0n) is 9.46. The number of nitrogens with zero attached hydrogens (tertiary/aromatic N) is 2. The number of H-pyrrole nitrogens is 1. The smallest absolute Gasteiger partial charge is 0.275 e. The van der Waals surface area contributed by atoms with Crippen LogP contribution < -0.4 is 5.56 Å². The second-order valence-corrected chi connectivity index (χ2v) is 4.74. The molecule has 0 aliphatic carbocycles. The normalized spacial score (nSPS) is 12.3. The quantitative estimate of drug-likeness (QED) is 0.712. The first-order chi connectivity index (χ1) is 6.89. The second kappa shape index (κ2) is 2.95. The van der Waals surface area contributed by atoms with E-state index in [9.17, 15) is 4.79 Å². The van der Waals surface area contributed by atoms with Crippen LogP contribution in [0.15, 0.2) is 17.1 Å². The maximum atomic E-state index is 11.8. The molecule has 2 rings (SSSR count). The van der Waals surface area contributed by atoms with E-state index in [0.29, 0.717) is 11.3 Å². The molecule has 0 unspecified atom stereocenters. The monoisotopic (exact) mass is 205 g/mol. The van der Waals surface area contributed by atoms with Crippen molar-refractivity contribution in [2.24, 2.45) is 0 Å². The summed E-state index contributed by atoms with van der Waals surface area (Å²) in [7, 11) is 0. The van der Waals surface area contributed by atoms with Gasteiger partial charge in [0, 0.05) is 11.7 Å². The highest BCUT2D eigenvalue weighted by Gasteiger charge is 2.17. The number of fused-ring (bicyclic) bond motifs is 1. The average molecular weight is 205 g/mol. The number of rotatable bonds is 0. The van der Waals surface area contributed by atoms with Crippen molar-refractivity contribution in [1.29, 1.82) is 0 Å². The Bertz CT molecular complexity index is 557. The molecule has 0 saturated carbocycles. The Balaban J connectivity index is 2.87. The van der Waals surface area contributed by atoms with Gasteiger partial charge in [-0.15, -0.1) is 0 Å². The maximum absolute atomic E-state index is 11.8. The van der Waals surface area contributed by atoms with Gasteiger partial charge in [0.2, 0.25) is 0 Å². The standard InChI is InChI=1S/C11H15N3O/c1-7-12-8-5-6-14(11(2,3)4)9(8)10(15)13-7/h5-6H,1-4H3,(H,12,13,15). The first-order valence-corrected chi connectivity index (χ1v) is 4.98. The van der Waals surface area contributed by atoms with E-state index in [1.807, 2.05) is 16.8 Å². The highest BCUT2D eigenvalue weighted by Crippen LogP contribution is 2.19. The molecular formula is C11H15N3O. The minimum Gasteiger partial charge on any atom is -0.336 e. The predicted molar refractivity (Wildman–Crippen MR) is 60.1 cm³/mol. The van der Waals surface area contributed by atoms with Crippen molar-refractivity contribution in [2.45, 2.75) is 33.2 Å². The lowest BCUT2D eigenvalue weighted by Crippen LogP contribution is -2.24. The zero-order chi connectivity index (χ0) is 11.2. The number of hydrogen-bond donors (Lipinski definition) is 1. The molecule has 0 amide bonds. The van der Waals surface area contributed by atoms with E-state index in [0.717, 1.165) is 5.52 Å². The third-order valence-corrected chi connectivity index (χ3v) is 2.39. The van der Waals surface area contributed by atoms with Crippen molar-refractivity contribution in [3.05, 3.63) is 28.4 Å². The van der Waals surface area contributed by atoms with Crippen molar-refractivity contribution < 1.29 is 0 Å². The predicted octanol–water partition coefficient (Wildman–Crippen LogP) is 1.79. The fourth-order valence-electron chi connectivity index (χ4n) is 1.73. The minimum absolute atomic E-state index is 0.0718. The molecule has 0 saturated heterocycles. The number of nitrogens with one attached hydrogen (secondary N) is 1. The SMILES string of the molecule is Cc1nc2ccn(C(C)(C)C)c2c(=O)[nH]1. The van der Waals surface area contributed by atoms with Gasteiger partial charge < -0.3 is 9.55 Å². The van der Waals surface area contributed by atoms with Crippen LogP contribution in [0.4, 0.5) is 0 Å². The van der Waals surface area contributed by atoms with Crippen LogP contribution in [-0.2, 0) is 5.54 Å². The molecule has 1 N–H and O–H groups in total.